The maximum Gasteiger partial charge on any atom is 0.259 e. The van der Waals surface area contributed by atoms with E-state index in [1.165, 1.54) is 4.90 Å². The summed E-state index contributed by atoms with van der Waals surface area (Å²) in [6, 6.07) is 18.6. The number of benzene rings is 3. The highest BCUT2D eigenvalue weighted by Crippen LogP contribution is 2.37. The molecule has 0 saturated heterocycles. The van der Waals surface area contributed by atoms with Crippen LogP contribution in [0.5, 0.6) is 0 Å². The molecule has 0 aromatic heterocycles. The van der Waals surface area contributed by atoms with Crippen molar-refractivity contribution in [2.45, 2.75) is 52.7 Å². The lowest BCUT2D eigenvalue weighted by Gasteiger charge is -2.31. The third-order valence-electron chi connectivity index (χ3n) is 6.58. The lowest BCUT2D eigenvalue weighted by atomic mass is 10.1. The van der Waals surface area contributed by atoms with Crippen LogP contribution in [-0.2, 0) is 16.1 Å². The van der Waals surface area contributed by atoms with Crippen LogP contribution in [-0.4, -0.2) is 41.2 Å². The van der Waals surface area contributed by atoms with Crippen LogP contribution in [0.15, 0.2) is 60.7 Å². The standard InChI is InChI=1S/C28H31N3O3/c1-5-19(3)29-27(33)20(4)30(16-21-14-12-18(2)13-15-21)25(32)17-31-24-11-7-9-22-8-6-10-23(26(22)24)28(31)34/h6-15,19-20H,5,16-17H2,1-4H3,(H,29,33)/t19-,20-/m1/s1. The molecule has 1 aliphatic heterocycles. The number of rotatable bonds is 8. The van der Waals surface area contributed by atoms with E-state index in [0.717, 1.165) is 34.0 Å². The normalized spacial score (nSPS) is 14.2. The molecule has 0 saturated carbocycles. The third kappa shape index (κ3) is 4.53. The Balaban J connectivity index is 1.61. The van der Waals surface area contributed by atoms with Crippen LogP contribution < -0.4 is 10.2 Å². The average molecular weight is 458 g/mol. The molecule has 1 heterocycles. The molecule has 176 valence electrons. The molecule has 0 fully saturated rings. The Morgan fingerprint density at radius 1 is 1.00 bits per heavy atom. The highest BCUT2D eigenvalue weighted by atomic mass is 16.2. The first-order valence-corrected chi connectivity index (χ1v) is 11.8. The Morgan fingerprint density at radius 2 is 1.68 bits per heavy atom. The average Bonchev–Trinajstić information content (AvgIpc) is 3.11. The van der Waals surface area contributed by atoms with Gasteiger partial charge >= 0.3 is 0 Å². The summed E-state index contributed by atoms with van der Waals surface area (Å²) >= 11 is 0. The van der Waals surface area contributed by atoms with Gasteiger partial charge in [0.2, 0.25) is 11.8 Å². The van der Waals surface area contributed by atoms with Crippen LogP contribution in [0.25, 0.3) is 10.8 Å². The van der Waals surface area contributed by atoms with Gasteiger partial charge in [0.1, 0.15) is 12.6 Å². The van der Waals surface area contributed by atoms with E-state index in [0.29, 0.717) is 5.56 Å². The predicted octanol–water partition coefficient (Wildman–Crippen LogP) is 4.44. The molecule has 34 heavy (non-hydrogen) atoms. The van der Waals surface area contributed by atoms with Crippen molar-refractivity contribution in [2.24, 2.45) is 0 Å². The van der Waals surface area contributed by atoms with E-state index >= 15 is 0 Å². The number of anilines is 1. The van der Waals surface area contributed by atoms with Gasteiger partial charge in [0.25, 0.3) is 5.91 Å². The molecule has 0 aliphatic carbocycles. The Hall–Kier alpha value is -3.67. The number of nitrogens with zero attached hydrogens (tertiary/aromatic N) is 2. The molecular weight excluding hydrogens is 426 g/mol. The van der Waals surface area contributed by atoms with Crippen molar-refractivity contribution in [3.05, 3.63) is 77.4 Å². The summed E-state index contributed by atoms with van der Waals surface area (Å²) in [4.78, 5) is 42.9. The minimum absolute atomic E-state index is 0.0125. The van der Waals surface area contributed by atoms with E-state index in [1.54, 1.807) is 17.9 Å². The van der Waals surface area contributed by atoms with Crippen molar-refractivity contribution in [2.75, 3.05) is 11.4 Å². The number of hydrogen-bond donors (Lipinski definition) is 1. The summed E-state index contributed by atoms with van der Waals surface area (Å²) in [6.07, 6.45) is 0.801. The van der Waals surface area contributed by atoms with Crippen molar-refractivity contribution >= 4 is 34.2 Å². The fourth-order valence-electron chi connectivity index (χ4n) is 4.30. The quantitative estimate of drug-likeness (QED) is 0.544. The summed E-state index contributed by atoms with van der Waals surface area (Å²) in [6.45, 7) is 7.85. The van der Waals surface area contributed by atoms with Gasteiger partial charge in [-0.15, -0.1) is 0 Å². The number of aryl methyl sites for hydroxylation is 1. The predicted molar refractivity (Wildman–Crippen MR) is 135 cm³/mol. The number of nitrogens with one attached hydrogen (secondary N) is 1. The van der Waals surface area contributed by atoms with Crippen LogP contribution in [0, 0.1) is 6.92 Å². The zero-order chi connectivity index (χ0) is 24.4. The van der Waals surface area contributed by atoms with Crippen LogP contribution in [0.1, 0.15) is 48.7 Å². The molecule has 6 heteroatoms. The fourth-order valence-corrected chi connectivity index (χ4v) is 4.30. The molecule has 0 bridgehead atoms. The molecule has 0 unspecified atom stereocenters. The minimum Gasteiger partial charge on any atom is -0.352 e. The fraction of sp³-hybridized carbons (Fsp3) is 0.321. The zero-order valence-electron chi connectivity index (χ0n) is 20.2. The van der Waals surface area contributed by atoms with Crippen molar-refractivity contribution in [1.29, 1.82) is 0 Å². The van der Waals surface area contributed by atoms with E-state index in [2.05, 4.69) is 5.32 Å². The molecule has 3 amide bonds. The first-order chi connectivity index (χ1) is 16.3. The van der Waals surface area contributed by atoms with E-state index < -0.39 is 6.04 Å². The summed E-state index contributed by atoms with van der Waals surface area (Å²) in [5.74, 6) is -0.661. The number of hydrogen-bond acceptors (Lipinski definition) is 3. The van der Waals surface area contributed by atoms with Crippen molar-refractivity contribution in [1.82, 2.24) is 10.2 Å². The van der Waals surface area contributed by atoms with Gasteiger partial charge in [-0.1, -0.05) is 61.0 Å². The van der Waals surface area contributed by atoms with E-state index in [1.807, 2.05) is 75.4 Å². The van der Waals surface area contributed by atoms with Crippen LogP contribution in [0.3, 0.4) is 0 Å². The lowest BCUT2D eigenvalue weighted by Crippen LogP contribution is -2.52. The Kier molecular flexibility index (Phi) is 6.68. The number of amides is 3. The second-order valence-electron chi connectivity index (χ2n) is 9.07. The van der Waals surface area contributed by atoms with Gasteiger partial charge in [0.05, 0.1) is 5.69 Å². The molecule has 0 radical (unpaired) electrons. The molecule has 1 aliphatic rings. The Labute approximate surface area is 200 Å². The minimum atomic E-state index is -0.682. The van der Waals surface area contributed by atoms with Gasteiger partial charge in [-0.25, -0.2) is 0 Å². The van der Waals surface area contributed by atoms with Crippen LogP contribution in [0.4, 0.5) is 5.69 Å². The highest BCUT2D eigenvalue weighted by Gasteiger charge is 2.34. The topological polar surface area (TPSA) is 69.7 Å². The molecule has 4 rings (SSSR count). The Bertz CT molecular complexity index is 1230. The van der Waals surface area contributed by atoms with Crippen molar-refractivity contribution in [3.63, 3.8) is 0 Å². The molecule has 0 spiro atoms. The maximum atomic E-state index is 13.6. The smallest absolute Gasteiger partial charge is 0.259 e. The summed E-state index contributed by atoms with van der Waals surface area (Å²) in [5.41, 5.74) is 3.39. The van der Waals surface area contributed by atoms with Gasteiger partial charge in [-0.3, -0.25) is 19.3 Å². The summed E-state index contributed by atoms with van der Waals surface area (Å²) in [5, 5.41) is 4.82. The van der Waals surface area contributed by atoms with Gasteiger partial charge in [-0.05, 0) is 50.3 Å². The molecular formula is C28H31N3O3. The summed E-state index contributed by atoms with van der Waals surface area (Å²) < 4.78 is 0. The molecule has 3 aromatic carbocycles. The molecule has 6 nitrogen and oxygen atoms in total. The number of carbonyl (C=O) groups excluding carboxylic acids is 3. The largest absolute Gasteiger partial charge is 0.352 e. The van der Waals surface area contributed by atoms with Crippen LogP contribution >= 0.6 is 0 Å². The second kappa shape index (κ2) is 9.67. The second-order valence-corrected chi connectivity index (χ2v) is 9.07. The SMILES string of the molecule is CC[C@@H](C)NC(=O)[C@@H](C)N(Cc1ccc(C)cc1)C(=O)CN1C(=O)c2cccc3cccc1c23. The van der Waals surface area contributed by atoms with Gasteiger partial charge < -0.3 is 10.2 Å². The third-order valence-corrected chi connectivity index (χ3v) is 6.58. The van der Waals surface area contributed by atoms with Gasteiger partial charge in [-0.2, -0.15) is 0 Å². The first-order valence-electron chi connectivity index (χ1n) is 11.8. The van der Waals surface area contributed by atoms with Gasteiger partial charge in [0, 0.05) is 23.5 Å². The van der Waals surface area contributed by atoms with E-state index in [4.69, 9.17) is 0 Å². The maximum absolute atomic E-state index is 13.6. The van der Waals surface area contributed by atoms with Crippen molar-refractivity contribution < 1.29 is 14.4 Å². The van der Waals surface area contributed by atoms with Gasteiger partial charge in [0.15, 0.2) is 0 Å². The summed E-state index contributed by atoms with van der Waals surface area (Å²) in [7, 11) is 0. The molecule has 3 aromatic rings. The lowest BCUT2D eigenvalue weighted by molar-refractivity contribution is -0.139. The van der Waals surface area contributed by atoms with E-state index in [9.17, 15) is 14.4 Å². The van der Waals surface area contributed by atoms with Crippen molar-refractivity contribution in [3.8, 4) is 0 Å². The van der Waals surface area contributed by atoms with E-state index in [-0.39, 0.29) is 36.9 Å². The molecule has 1 N–H and O–H groups in total. The van der Waals surface area contributed by atoms with Crippen LogP contribution in [0.2, 0.25) is 0 Å². The monoisotopic (exact) mass is 457 g/mol. The zero-order valence-corrected chi connectivity index (χ0v) is 20.2. The molecule has 2 atom stereocenters. The first kappa shape index (κ1) is 23.5. The highest BCUT2D eigenvalue weighted by molar-refractivity contribution is 6.26. The number of carbonyl (C=O) groups is 3. The Morgan fingerprint density at radius 3 is 2.35 bits per heavy atom.